The molecule has 0 aromatic heterocycles. The van der Waals surface area contributed by atoms with Crippen molar-refractivity contribution in [3.05, 3.63) is 34.9 Å². The van der Waals surface area contributed by atoms with Crippen molar-refractivity contribution in [3.63, 3.8) is 0 Å². The number of halogens is 3. The molecule has 1 aromatic rings. The molecule has 180 valence electrons. The molecule has 2 heterocycles. The molecule has 2 fully saturated rings. The number of hydrogen-bond donors (Lipinski definition) is 1. The van der Waals surface area contributed by atoms with Crippen molar-refractivity contribution in [1.82, 2.24) is 9.80 Å². The average molecular weight is 460 g/mol. The Hall–Kier alpha value is -2.17. The van der Waals surface area contributed by atoms with Crippen LogP contribution in [0.25, 0.3) is 0 Å². The van der Waals surface area contributed by atoms with Crippen LogP contribution < -0.4 is 0 Å². The van der Waals surface area contributed by atoms with E-state index in [0.717, 1.165) is 32.8 Å². The number of amides is 1. The van der Waals surface area contributed by atoms with E-state index in [1.165, 1.54) is 16.7 Å². The van der Waals surface area contributed by atoms with E-state index >= 15 is 0 Å². The molecule has 32 heavy (non-hydrogen) atoms. The third-order valence-electron chi connectivity index (χ3n) is 5.63. The summed E-state index contributed by atoms with van der Waals surface area (Å²) in [7, 11) is 1.68. The minimum atomic E-state index is -5.08. The van der Waals surface area contributed by atoms with Crippen molar-refractivity contribution >= 4 is 11.9 Å². The summed E-state index contributed by atoms with van der Waals surface area (Å²) in [5.41, 5.74) is 3.91. The fraction of sp³-hybridized carbons (Fsp3) is 0.636. The third-order valence-corrected chi connectivity index (χ3v) is 5.63. The zero-order chi connectivity index (χ0) is 23.9. The fourth-order valence-electron chi connectivity index (χ4n) is 4.02. The third kappa shape index (κ3) is 7.46. The van der Waals surface area contributed by atoms with Crippen LogP contribution >= 0.6 is 0 Å². The molecule has 2 aliphatic heterocycles. The molecule has 7 nitrogen and oxygen atoms in total. The summed E-state index contributed by atoms with van der Waals surface area (Å²) in [5.74, 6) is -2.53. The Kier molecular flexibility index (Phi) is 9.06. The highest BCUT2D eigenvalue weighted by atomic mass is 19.4. The second kappa shape index (κ2) is 11.1. The van der Waals surface area contributed by atoms with Crippen LogP contribution in [0.5, 0.6) is 0 Å². The van der Waals surface area contributed by atoms with Crippen molar-refractivity contribution in [1.29, 1.82) is 0 Å². The molecule has 1 unspecified atom stereocenters. The first-order valence-corrected chi connectivity index (χ1v) is 10.4. The van der Waals surface area contributed by atoms with Gasteiger partial charge < -0.3 is 19.5 Å². The Labute approximate surface area is 186 Å². The quantitative estimate of drug-likeness (QED) is 0.728. The largest absolute Gasteiger partial charge is 0.490 e. The van der Waals surface area contributed by atoms with E-state index in [1.807, 2.05) is 4.90 Å². The number of ether oxygens (including phenoxy) is 2. The van der Waals surface area contributed by atoms with E-state index in [9.17, 15) is 18.0 Å². The van der Waals surface area contributed by atoms with Gasteiger partial charge in [0.1, 0.15) is 0 Å². The zero-order valence-electron chi connectivity index (χ0n) is 18.7. The predicted octanol–water partition coefficient (Wildman–Crippen LogP) is 2.63. The lowest BCUT2D eigenvalue weighted by Gasteiger charge is -2.31. The van der Waals surface area contributed by atoms with Gasteiger partial charge in [-0.15, -0.1) is 0 Å². The van der Waals surface area contributed by atoms with E-state index in [4.69, 9.17) is 19.4 Å². The first-order valence-electron chi connectivity index (χ1n) is 10.4. The smallest absolute Gasteiger partial charge is 0.475 e. The van der Waals surface area contributed by atoms with Gasteiger partial charge in [0.15, 0.2) is 0 Å². The number of aryl methyl sites for hydroxylation is 2. The van der Waals surface area contributed by atoms with Gasteiger partial charge in [-0.05, 0) is 25.0 Å². The number of carboxylic acid groups (broad SMARTS) is 1. The highest BCUT2D eigenvalue weighted by molar-refractivity contribution is 5.79. The second-order valence-electron chi connectivity index (χ2n) is 8.48. The number of carbonyl (C=O) groups is 2. The number of nitrogens with zero attached hydrogens (tertiary/aromatic N) is 2. The lowest BCUT2D eigenvalue weighted by molar-refractivity contribution is -0.192. The Balaban J connectivity index is 0.000000451. The SMILES string of the molecule is COCCN1CC2(COCCN(Cc3cc(C)ccc3C)C2)CC1=O.O=C(O)C(F)(F)F. The van der Waals surface area contributed by atoms with Crippen LogP contribution in [-0.2, 0) is 25.6 Å². The van der Waals surface area contributed by atoms with Gasteiger partial charge in [0.05, 0.1) is 19.8 Å². The maximum Gasteiger partial charge on any atom is 0.490 e. The first-order chi connectivity index (χ1) is 15.0. The molecule has 1 spiro atoms. The average Bonchev–Trinajstić information content (AvgIpc) is 2.87. The molecule has 1 N–H and O–H groups in total. The Bertz CT molecular complexity index is 802. The fourth-order valence-corrected chi connectivity index (χ4v) is 4.02. The number of carbonyl (C=O) groups excluding carboxylic acids is 1. The number of carboxylic acids is 1. The van der Waals surface area contributed by atoms with E-state index in [1.54, 1.807) is 7.11 Å². The molecule has 0 aliphatic carbocycles. The van der Waals surface area contributed by atoms with Gasteiger partial charge in [-0.2, -0.15) is 13.2 Å². The highest BCUT2D eigenvalue weighted by Crippen LogP contribution is 2.34. The molecule has 2 saturated heterocycles. The molecular formula is C22H31F3N2O5. The van der Waals surface area contributed by atoms with Gasteiger partial charge in [-0.1, -0.05) is 23.8 Å². The number of hydrogen-bond acceptors (Lipinski definition) is 5. The summed E-state index contributed by atoms with van der Waals surface area (Å²) >= 11 is 0. The summed E-state index contributed by atoms with van der Waals surface area (Å²) in [6.07, 6.45) is -4.50. The molecule has 0 radical (unpaired) electrons. The zero-order valence-corrected chi connectivity index (χ0v) is 18.7. The van der Waals surface area contributed by atoms with Crippen LogP contribution in [-0.4, -0.2) is 86.1 Å². The lowest BCUT2D eigenvalue weighted by Crippen LogP contribution is -2.41. The number of likely N-dealkylation sites (tertiary alicyclic amines) is 1. The Morgan fingerprint density at radius 3 is 2.59 bits per heavy atom. The van der Waals surface area contributed by atoms with Crippen LogP contribution in [0.4, 0.5) is 13.2 Å². The number of alkyl halides is 3. The predicted molar refractivity (Wildman–Crippen MR) is 111 cm³/mol. The summed E-state index contributed by atoms with van der Waals surface area (Å²) in [6, 6.07) is 6.63. The Morgan fingerprint density at radius 1 is 1.28 bits per heavy atom. The number of aliphatic carboxylic acids is 1. The van der Waals surface area contributed by atoms with Gasteiger partial charge in [-0.25, -0.2) is 4.79 Å². The molecule has 1 atom stereocenters. The van der Waals surface area contributed by atoms with Gasteiger partial charge >= 0.3 is 12.1 Å². The second-order valence-corrected chi connectivity index (χ2v) is 8.48. The molecule has 1 aromatic carbocycles. The Morgan fingerprint density at radius 2 is 1.97 bits per heavy atom. The lowest BCUT2D eigenvalue weighted by atomic mass is 9.87. The van der Waals surface area contributed by atoms with Crippen molar-refractivity contribution in [2.45, 2.75) is 33.0 Å². The summed E-state index contributed by atoms with van der Waals surface area (Å²) in [6.45, 7) is 10.5. The van der Waals surface area contributed by atoms with Gasteiger partial charge in [-0.3, -0.25) is 9.69 Å². The monoisotopic (exact) mass is 460 g/mol. The van der Waals surface area contributed by atoms with E-state index < -0.39 is 12.1 Å². The topological polar surface area (TPSA) is 79.3 Å². The van der Waals surface area contributed by atoms with Gasteiger partial charge in [0, 0.05) is 51.7 Å². The van der Waals surface area contributed by atoms with Crippen molar-refractivity contribution in [3.8, 4) is 0 Å². The summed E-state index contributed by atoms with van der Waals surface area (Å²) in [4.78, 5) is 25.7. The van der Waals surface area contributed by atoms with Crippen LogP contribution in [0, 0.1) is 19.3 Å². The summed E-state index contributed by atoms with van der Waals surface area (Å²) in [5, 5.41) is 7.12. The van der Waals surface area contributed by atoms with Gasteiger partial charge in [0.2, 0.25) is 5.91 Å². The van der Waals surface area contributed by atoms with E-state index in [0.29, 0.717) is 26.2 Å². The summed E-state index contributed by atoms with van der Waals surface area (Å²) < 4.78 is 42.8. The highest BCUT2D eigenvalue weighted by Gasteiger charge is 2.45. The minimum absolute atomic E-state index is 0.0843. The van der Waals surface area contributed by atoms with E-state index in [2.05, 4.69) is 36.9 Å². The van der Waals surface area contributed by atoms with Crippen LogP contribution in [0.3, 0.4) is 0 Å². The molecule has 0 saturated carbocycles. The number of benzene rings is 1. The molecular weight excluding hydrogens is 429 g/mol. The number of methoxy groups -OCH3 is 1. The molecule has 1 amide bonds. The van der Waals surface area contributed by atoms with Crippen LogP contribution in [0.2, 0.25) is 0 Å². The standard InChI is InChI=1S/C20H30N2O3.C2HF3O2/c1-16-4-5-17(2)18(10-16)12-21-6-9-25-15-20(13-21)11-19(23)22(14-20)7-8-24-3;3-2(4,5)1(6)7/h4-5,10H,6-9,11-15H2,1-3H3;(H,6,7). The number of rotatable bonds is 5. The van der Waals surface area contributed by atoms with Crippen LogP contribution in [0.15, 0.2) is 18.2 Å². The minimum Gasteiger partial charge on any atom is -0.475 e. The molecule has 0 bridgehead atoms. The van der Waals surface area contributed by atoms with Crippen molar-refractivity contribution in [2.75, 3.05) is 53.1 Å². The van der Waals surface area contributed by atoms with Crippen LogP contribution in [0.1, 0.15) is 23.1 Å². The molecule has 2 aliphatic rings. The normalized spacial score (nSPS) is 21.9. The molecule has 3 rings (SSSR count). The van der Waals surface area contributed by atoms with Gasteiger partial charge in [0.25, 0.3) is 0 Å². The van der Waals surface area contributed by atoms with E-state index in [-0.39, 0.29) is 11.3 Å². The van der Waals surface area contributed by atoms with Crippen molar-refractivity contribution < 1.29 is 37.3 Å². The maximum atomic E-state index is 12.4. The first kappa shape index (κ1) is 26.1. The van der Waals surface area contributed by atoms with Crippen molar-refractivity contribution in [2.24, 2.45) is 5.41 Å². The molecule has 10 heteroatoms. The maximum absolute atomic E-state index is 12.4.